The van der Waals surface area contributed by atoms with Crippen molar-refractivity contribution in [2.45, 2.75) is 38.6 Å². The third-order valence-corrected chi connectivity index (χ3v) is 6.55. The van der Waals surface area contributed by atoms with Crippen LogP contribution in [-0.2, 0) is 38.4 Å². The predicted octanol–water partition coefficient (Wildman–Crippen LogP) is -0.128. The van der Waals surface area contributed by atoms with Gasteiger partial charge in [0, 0.05) is 30.9 Å². The van der Waals surface area contributed by atoms with Crippen LogP contribution in [-0.4, -0.2) is 51.0 Å². The van der Waals surface area contributed by atoms with Crippen LogP contribution in [0.25, 0.3) is 0 Å². The van der Waals surface area contributed by atoms with Crippen molar-refractivity contribution in [3.63, 3.8) is 0 Å². The van der Waals surface area contributed by atoms with Gasteiger partial charge in [-0.25, -0.2) is 22.3 Å². The summed E-state index contributed by atoms with van der Waals surface area (Å²) in [6.45, 7) is 1.86. The van der Waals surface area contributed by atoms with Crippen LogP contribution in [0, 0.1) is 12.7 Å². The van der Waals surface area contributed by atoms with Crippen LogP contribution >= 0.6 is 0 Å². The SMILES string of the molecule is COC(=O)c1ccc(F)cc1CS(=O)(=O)NCc1ccc(C)n(CC(=O)NCCCCN=C(N)N)c1=O. The zero-order valence-corrected chi connectivity index (χ0v) is 21.4. The van der Waals surface area contributed by atoms with Gasteiger partial charge in [-0.15, -0.1) is 0 Å². The van der Waals surface area contributed by atoms with E-state index in [4.69, 9.17) is 11.5 Å². The van der Waals surface area contributed by atoms with E-state index in [1.807, 2.05) is 0 Å². The number of nitrogens with one attached hydrogen (secondary N) is 2. The number of esters is 1. The fraction of sp³-hybridized carbons (Fsp3) is 0.391. The lowest BCUT2D eigenvalue weighted by Crippen LogP contribution is -2.36. The first-order valence-electron chi connectivity index (χ1n) is 11.3. The lowest BCUT2D eigenvalue weighted by Gasteiger charge is -2.13. The van der Waals surface area contributed by atoms with Gasteiger partial charge >= 0.3 is 5.97 Å². The number of ether oxygens (including phenoxy) is 1. The first-order chi connectivity index (χ1) is 17.4. The zero-order valence-electron chi connectivity index (χ0n) is 20.6. The summed E-state index contributed by atoms with van der Waals surface area (Å²) >= 11 is 0. The standard InChI is InChI=1S/C23H31FN6O6S/c1-15-5-6-16(21(32)30(15)13-20(31)27-9-3-4-10-28-23(25)26)12-29-37(34,35)14-17-11-18(24)7-8-19(17)22(33)36-2/h5-8,11,29H,3-4,9-10,12-14H2,1-2H3,(H,27,31)(H4,25,26,28). The Morgan fingerprint density at radius 3 is 2.54 bits per heavy atom. The number of aliphatic imine (C=N–C) groups is 1. The van der Waals surface area contributed by atoms with Crippen molar-refractivity contribution < 1.29 is 27.1 Å². The molecule has 0 bridgehead atoms. The van der Waals surface area contributed by atoms with Gasteiger partial charge < -0.3 is 26.1 Å². The molecule has 0 aliphatic heterocycles. The summed E-state index contributed by atoms with van der Waals surface area (Å²) < 4.78 is 47.1. The van der Waals surface area contributed by atoms with Crippen molar-refractivity contribution in [3.8, 4) is 0 Å². The molecule has 1 aromatic carbocycles. The average molecular weight is 539 g/mol. The number of pyridine rings is 1. The van der Waals surface area contributed by atoms with Crippen LogP contribution in [0.1, 0.15) is 40.0 Å². The van der Waals surface area contributed by atoms with Gasteiger partial charge in [-0.05, 0) is 49.6 Å². The van der Waals surface area contributed by atoms with Gasteiger partial charge in [0.2, 0.25) is 15.9 Å². The van der Waals surface area contributed by atoms with Crippen LogP contribution in [0.15, 0.2) is 40.1 Å². The molecule has 0 fully saturated rings. The number of unbranched alkanes of at least 4 members (excludes halogenated alkanes) is 1. The van der Waals surface area contributed by atoms with Gasteiger partial charge in [-0.1, -0.05) is 6.07 Å². The number of hydrogen-bond acceptors (Lipinski definition) is 7. The number of halogens is 1. The maximum Gasteiger partial charge on any atom is 0.338 e. The smallest absolute Gasteiger partial charge is 0.338 e. The highest BCUT2D eigenvalue weighted by molar-refractivity contribution is 7.88. The second-order valence-electron chi connectivity index (χ2n) is 8.13. The van der Waals surface area contributed by atoms with E-state index in [-0.39, 0.29) is 41.6 Å². The highest BCUT2D eigenvalue weighted by Gasteiger charge is 2.20. The molecule has 12 nitrogen and oxygen atoms in total. The number of guanidine groups is 1. The predicted molar refractivity (Wildman–Crippen MR) is 136 cm³/mol. The average Bonchev–Trinajstić information content (AvgIpc) is 2.82. The van der Waals surface area contributed by atoms with Crippen molar-refractivity contribution in [3.05, 3.63) is 68.9 Å². The Bertz CT molecular complexity index is 1320. The molecular formula is C23H31FN6O6S. The number of carbonyl (C=O) groups is 2. The number of aromatic nitrogens is 1. The Labute approximate surface area is 213 Å². The van der Waals surface area contributed by atoms with Crippen molar-refractivity contribution >= 4 is 27.9 Å². The zero-order chi connectivity index (χ0) is 27.6. The number of nitrogens with two attached hydrogens (primary N) is 2. The second kappa shape index (κ2) is 13.5. The molecule has 0 aliphatic rings. The summed E-state index contributed by atoms with van der Waals surface area (Å²) in [7, 11) is -2.95. The van der Waals surface area contributed by atoms with Gasteiger partial charge in [0.1, 0.15) is 12.4 Å². The molecule has 0 saturated heterocycles. The first kappa shape index (κ1) is 29.5. The minimum atomic E-state index is -4.08. The van der Waals surface area contributed by atoms with Gasteiger partial charge in [-0.3, -0.25) is 14.6 Å². The van der Waals surface area contributed by atoms with E-state index in [0.717, 1.165) is 25.3 Å². The van der Waals surface area contributed by atoms with E-state index in [9.17, 15) is 27.2 Å². The van der Waals surface area contributed by atoms with E-state index in [2.05, 4.69) is 19.8 Å². The maximum absolute atomic E-state index is 13.7. The second-order valence-corrected chi connectivity index (χ2v) is 9.93. The molecule has 2 aromatic rings. The Hall–Kier alpha value is -3.78. The minimum absolute atomic E-state index is 0.000894. The number of methoxy groups -OCH3 is 1. The van der Waals surface area contributed by atoms with Crippen LogP contribution in [0.5, 0.6) is 0 Å². The van der Waals surface area contributed by atoms with Crippen LogP contribution in [0.2, 0.25) is 0 Å². The van der Waals surface area contributed by atoms with Crippen molar-refractivity contribution in [1.29, 1.82) is 0 Å². The van der Waals surface area contributed by atoms with Crippen molar-refractivity contribution in [2.24, 2.45) is 16.5 Å². The molecule has 0 saturated carbocycles. The summed E-state index contributed by atoms with van der Waals surface area (Å²) in [4.78, 5) is 41.0. The summed E-state index contributed by atoms with van der Waals surface area (Å²) in [5.74, 6) is -2.61. The number of carbonyl (C=O) groups excluding carboxylic acids is 2. The van der Waals surface area contributed by atoms with Crippen LogP contribution < -0.4 is 27.1 Å². The third-order valence-electron chi connectivity index (χ3n) is 5.28. The van der Waals surface area contributed by atoms with E-state index >= 15 is 0 Å². The Morgan fingerprint density at radius 2 is 1.86 bits per heavy atom. The topological polar surface area (TPSA) is 188 Å². The fourth-order valence-corrected chi connectivity index (χ4v) is 4.48. The molecule has 0 radical (unpaired) electrons. The van der Waals surface area contributed by atoms with E-state index in [0.29, 0.717) is 31.6 Å². The fourth-order valence-electron chi connectivity index (χ4n) is 3.35. The molecular weight excluding hydrogens is 507 g/mol. The van der Waals surface area contributed by atoms with Gasteiger partial charge in [0.25, 0.3) is 5.56 Å². The number of amides is 1. The quantitative estimate of drug-likeness (QED) is 0.117. The van der Waals surface area contributed by atoms with Crippen LogP contribution in [0.3, 0.4) is 0 Å². The maximum atomic E-state index is 13.7. The van der Waals surface area contributed by atoms with Gasteiger partial charge in [0.15, 0.2) is 5.96 Å². The van der Waals surface area contributed by atoms with Crippen LogP contribution in [0.4, 0.5) is 4.39 Å². The number of hydrogen-bond donors (Lipinski definition) is 4. The lowest BCUT2D eigenvalue weighted by atomic mass is 10.1. The normalized spacial score (nSPS) is 11.1. The Balaban J connectivity index is 2.04. The van der Waals surface area contributed by atoms with Crippen molar-refractivity contribution in [1.82, 2.24) is 14.6 Å². The van der Waals surface area contributed by atoms with E-state index in [1.165, 1.54) is 10.6 Å². The molecule has 0 atom stereocenters. The van der Waals surface area contributed by atoms with Crippen molar-refractivity contribution in [2.75, 3.05) is 20.2 Å². The molecule has 1 amide bonds. The molecule has 14 heteroatoms. The summed E-state index contributed by atoms with van der Waals surface area (Å²) in [6.07, 6.45) is 1.31. The molecule has 2 rings (SSSR count). The number of rotatable bonds is 13. The Morgan fingerprint density at radius 1 is 1.14 bits per heavy atom. The summed E-state index contributed by atoms with van der Waals surface area (Å²) in [5.41, 5.74) is 10.4. The summed E-state index contributed by atoms with van der Waals surface area (Å²) in [5, 5.41) is 2.71. The first-order valence-corrected chi connectivity index (χ1v) is 12.9. The third kappa shape index (κ3) is 9.31. The molecule has 1 heterocycles. The highest BCUT2D eigenvalue weighted by Crippen LogP contribution is 2.16. The highest BCUT2D eigenvalue weighted by atomic mass is 32.2. The molecule has 1 aromatic heterocycles. The largest absolute Gasteiger partial charge is 0.465 e. The lowest BCUT2D eigenvalue weighted by molar-refractivity contribution is -0.121. The number of sulfonamides is 1. The molecule has 37 heavy (non-hydrogen) atoms. The number of aryl methyl sites for hydroxylation is 1. The molecule has 0 aliphatic carbocycles. The number of benzene rings is 1. The molecule has 0 spiro atoms. The molecule has 202 valence electrons. The molecule has 6 N–H and O–H groups in total. The van der Waals surface area contributed by atoms with Gasteiger partial charge in [0.05, 0.1) is 18.4 Å². The summed E-state index contributed by atoms with van der Waals surface area (Å²) in [6, 6.07) is 6.15. The Kier molecular flexibility index (Phi) is 10.8. The van der Waals surface area contributed by atoms with E-state index in [1.54, 1.807) is 13.0 Å². The van der Waals surface area contributed by atoms with Gasteiger partial charge in [-0.2, -0.15) is 0 Å². The van der Waals surface area contributed by atoms with E-state index < -0.39 is 33.1 Å². The molecule has 0 unspecified atom stereocenters. The number of nitrogens with zero attached hydrogens (tertiary/aromatic N) is 2. The monoisotopic (exact) mass is 538 g/mol. The minimum Gasteiger partial charge on any atom is -0.465 e.